The first-order valence-electron chi connectivity index (χ1n) is 9.80. The minimum absolute atomic E-state index is 0.148. The number of urea groups is 1. The van der Waals surface area contributed by atoms with Gasteiger partial charge in [0.15, 0.2) is 0 Å². The summed E-state index contributed by atoms with van der Waals surface area (Å²) < 4.78 is 5.99. The normalized spacial score (nSPS) is 15.3. The van der Waals surface area contributed by atoms with Crippen molar-refractivity contribution in [3.05, 3.63) is 29.8 Å². The van der Waals surface area contributed by atoms with Crippen molar-refractivity contribution >= 4 is 50.4 Å². The summed E-state index contributed by atoms with van der Waals surface area (Å²) in [7, 11) is 0. The molecule has 0 spiro atoms. The maximum Gasteiger partial charge on any atom is 0.405 e. The van der Waals surface area contributed by atoms with Crippen LogP contribution in [0.2, 0.25) is 0 Å². The summed E-state index contributed by atoms with van der Waals surface area (Å²) in [4.78, 5) is 49.6. The molecule has 5 N–H and O–H groups in total. The van der Waals surface area contributed by atoms with Crippen LogP contribution in [0.5, 0.6) is 0 Å². The van der Waals surface area contributed by atoms with Gasteiger partial charge in [-0.3, -0.25) is 14.9 Å². The number of carbonyl (C=O) groups is 4. The van der Waals surface area contributed by atoms with Crippen LogP contribution in [0.25, 0.3) is 10.1 Å². The average molecular weight is 449 g/mol. The molecule has 1 aromatic carbocycles. The molecular formula is C20H24N4O6S. The number of fused-ring (bicyclic) bond motifs is 1. The lowest BCUT2D eigenvalue weighted by atomic mass is 9.87. The van der Waals surface area contributed by atoms with Crippen molar-refractivity contribution in [2.75, 3.05) is 25.0 Å². The molecule has 0 bridgehead atoms. The number of ether oxygens (including phenoxy) is 1. The molecular weight excluding hydrogens is 424 g/mol. The fourth-order valence-corrected chi connectivity index (χ4v) is 4.82. The predicted molar refractivity (Wildman–Crippen MR) is 115 cm³/mol. The van der Waals surface area contributed by atoms with Crippen LogP contribution >= 0.6 is 11.3 Å². The van der Waals surface area contributed by atoms with Crippen LogP contribution in [0.1, 0.15) is 36.5 Å². The van der Waals surface area contributed by atoms with E-state index >= 15 is 0 Å². The number of amides is 4. The summed E-state index contributed by atoms with van der Waals surface area (Å²) in [6, 6.07) is 6.95. The SMILES string of the molecule is CCNC(=O)Nc1sc2ccccc2c1C(=O)N1CCC(CC(=O)O)(OC(N)=O)CC1. The Bertz CT molecular complexity index is 994. The van der Waals surface area contributed by atoms with Gasteiger partial charge in [-0.25, -0.2) is 9.59 Å². The molecule has 166 valence electrons. The number of carboxylic acids is 1. The highest BCUT2D eigenvalue weighted by Gasteiger charge is 2.41. The van der Waals surface area contributed by atoms with E-state index in [0.29, 0.717) is 17.1 Å². The van der Waals surface area contributed by atoms with E-state index in [1.165, 1.54) is 11.3 Å². The Morgan fingerprint density at radius 2 is 1.90 bits per heavy atom. The predicted octanol–water partition coefficient (Wildman–Crippen LogP) is 2.59. The molecule has 0 atom stereocenters. The largest absolute Gasteiger partial charge is 0.481 e. The van der Waals surface area contributed by atoms with Crippen LogP contribution in [0.3, 0.4) is 0 Å². The molecule has 1 aliphatic heterocycles. The summed E-state index contributed by atoms with van der Waals surface area (Å²) in [6.07, 6.45) is -1.13. The Morgan fingerprint density at radius 1 is 1.23 bits per heavy atom. The van der Waals surface area contributed by atoms with Gasteiger partial charge in [-0.1, -0.05) is 18.2 Å². The number of hydrogen-bond acceptors (Lipinski definition) is 6. The summed E-state index contributed by atoms with van der Waals surface area (Å²) in [5.74, 6) is -1.40. The number of aliphatic carboxylic acids is 1. The number of hydrogen-bond donors (Lipinski definition) is 4. The van der Waals surface area contributed by atoms with Crippen molar-refractivity contribution in [1.29, 1.82) is 0 Å². The zero-order chi connectivity index (χ0) is 22.6. The number of likely N-dealkylation sites (tertiary alicyclic amines) is 1. The zero-order valence-corrected chi connectivity index (χ0v) is 17.8. The molecule has 0 radical (unpaired) electrons. The average Bonchev–Trinajstić information content (AvgIpc) is 3.04. The number of primary amides is 1. The maximum absolute atomic E-state index is 13.4. The van der Waals surface area contributed by atoms with Crippen LogP contribution in [0.15, 0.2) is 24.3 Å². The van der Waals surface area contributed by atoms with Crippen molar-refractivity contribution in [2.45, 2.75) is 31.8 Å². The van der Waals surface area contributed by atoms with Crippen molar-refractivity contribution in [3.8, 4) is 0 Å². The smallest absolute Gasteiger partial charge is 0.405 e. The Labute approximate surface area is 182 Å². The number of rotatable bonds is 6. The number of carbonyl (C=O) groups excluding carboxylic acids is 3. The highest BCUT2D eigenvalue weighted by molar-refractivity contribution is 7.23. The monoisotopic (exact) mass is 448 g/mol. The zero-order valence-electron chi connectivity index (χ0n) is 17.0. The van der Waals surface area contributed by atoms with E-state index in [1.54, 1.807) is 11.8 Å². The first-order chi connectivity index (χ1) is 14.7. The summed E-state index contributed by atoms with van der Waals surface area (Å²) in [5.41, 5.74) is 4.27. The molecule has 2 aromatic rings. The standard InChI is InChI=1S/C20H24N4O6S/c1-2-22-19(29)23-16-15(12-5-3-4-6-13(12)31-16)17(27)24-9-7-20(8-10-24,11-14(25)26)30-18(21)28/h3-6H,2,7-11H2,1H3,(H2,21,28)(H,25,26)(H2,22,23,29). The molecule has 1 aromatic heterocycles. The number of thiophene rings is 1. The number of piperidine rings is 1. The number of nitrogens with zero attached hydrogens (tertiary/aromatic N) is 1. The molecule has 0 unspecified atom stereocenters. The van der Waals surface area contributed by atoms with Gasteiger partial charge in [0, 0.05) is 42.6 Å². The minimum Gasteiger partial charge on any atom is -0.481 e. The number of carboxylic acid groups (broad SMARTS) is 1. The van der Waals surface area contributed by atoms with Crippen LogP contribution < -0.4 is 16.4 Å². The fourth-order valence-electron chi connectivity index (χ4n) is 3.73. The Hall–Kier alpha value is -3.34. The van der Waals surface area contributed by atoms with Crippen molar-refractivity contribution in [1.82, 2.24) is 10.2 Å². The summed E-state index contributed by atoms with van der Waals surface area (Å²) >= 11 is 1.30. The van der Waals surface area contributed by atoms with Gasteiger partial charge < -0.3 is 25.8 Å². The van der Waals surface area contributed by atoms with E-state index < -0.39 is 23.7 Å². The van der Waals surface area contributed by atoms with Gasteiger partial charge >= 0.3 is 18.1 Å². The van der Waals surface area contributed by atoms with Crippen molar-refractivity contribution < 1.29 is 29.0 Å². The lowest BCUT2D eigenvalue weighted by molar-refractivity contribution is -0.144. The second-order valence-corrected chi connectivity index (χ2v) is 8.31. The van der Waals surface area contributed by atoms with Crippen LogP contribution in [0, 0.1) is 0 Å². The molecule has 1 aliphatic rings. The first kappa shape index (κ1) is 22.3. The van der Waals surface area contributed by atoms with Gasteiger partial charge in [-0.2, -0.15) is 0 Å². The topological polar surface area (TPSA) is 151 Å². The van der Waals surface area contributed by atoms with E-state index in [1.807, 2.05) is 24.3 Å². The second-order valence-electron chi connectivity index (χ2n) is 7.25. The molecule has 1 saturated heterocycles. The molecule has 10 nitrogen and oxygen atoms in total. The third-order valence-corrected chi connectivity index (χ3v) is 6.21. The highest BCUT2D eigenvalue weighted by Crippen LogP contribution is 2.38. The number of nitrogens with two attached hydrogens (primary N) is 1. The van der Waals surface area contributed by atoms with E-state index in [4.69, 9.17) is 10.5 Å². The molecule has 2 heterocycles. The lowest BCUT2D eigenvalue weighted by Gasteiger charge is -2.40. The fraction of sp³-hybridized carbons (Fsp3) is 0.400. The van der Waals surface area contributed by atoms with E-state index in [2.05, 4.69) is 10.6 Å². The lowest BCUT2D eigenvalue weighted by Crippen LogP contribution is -2.50. The number of benzene rings is 1. The Kier molecular flexibility index (Phi) is 6.64. The third kappa shape index (κ3) is 5.05. The van der Waals surface area contributed by atoms with E-state index in [0.717, 1.165) is 10.1 Å². The van der Waals surface area contributed by atoms with E-state index in [9.17, 15) is 24.3 Å². The van der Waals surface area contributed by atoms with Crippen molar-refractivity contribution in [2.24, 2.45) is 5.73 Å². The van der Waals surface area contributed by atoms with Gasteiger partial charge in [0.05, 0.1) is 12.0 Å². The molecule has 1 fully saturated rings. The Balaban J connectivity index is 1.85. The minimum atomic E-state index is -1.24. The van der Waals surface area contributed by atoms with Crippen molar-refractivity contribution in [3.63, 3.8) is 0 Å². The highest BCUT2D eigenvalue weighted by atomic mass is 32.1. The van der Waals surface area contributed by atoms with Gasteiger partial charge in [-0.05, 0) is 13.0 Å². The Morgan fingerprint density at radius 3 is 2.52 bits per heavy atom. The number of nitrogens with one attached hydrogen (secondary N) is 2. The summed E-state index contributed by atoms with van der Waals surface area (Å²) in [5, 5.41) is 15.7. The molecule has 0 aliphatic carbocycles. The van der Waals surface area contributed by atoms with Crippen LogP contribution in [0.4, 0.5) is 14.6 Å². The van der Waals surface area contributed by atoms with Gasteiger partial charge in [-0.15, -0.1) is 11.3 Å². The molecule has 4 amide bonds. The van der Waals surface area contributed by atoms with Gasteiger partial charge in [0.25, 0.3) is 5.91 Å². The van der Waals surface area contributed by atoms with Crippen LogP contribution in [-0.2, 0) is 9.53 Å². The number of anilines is 1. The van der Waals surface area contributed by atoms with Gasteiger partial charge in [0.1, 0.15) is 10.6 Å². The quantitative estimate of drug-likeness (QED) is 0.533. The molecule has 11 heteroatoms. The second kappa shape index (κ2) is 9.21. The van der Waals surface area contributed by atoms with E-state index in [-0.39, 0.29) is 38.3 Å². The summed E-state index contributed by atoms with van der Waals surface area (Å²) in [6.45, 7) is 2.60. The molecule has 3 rings (SSSR count). The molecule has 0 saturated carbocycles. The van der Waals surface area contributed by atoms with Gasteiger partial charge in [0.2, 0.25) is 0 Å². The maximum atomic E-state index is 13.4. The third-order valence-electron chi connectivity index (χ3n) is 5.13. The first-order valence-corrected chi connectivity index (χ1v) is 10.6. The van der Waals surface area contributed by atoms with Crippen LogP contribution in [-0.4, -0.2) is 59.2 Å². The molecule has 31 heavy (non-hydrogen) atoms.